The molecule has 100 valence electrons. The molecule has 18 heavy (non-hydrogen) atoms. The lowest BCUT2D eigenvalue weighted by atomic mass is 9.80. The summed E-state index contributed by atoms with van der Waals surface area (Å²) in [6, 6.07) is 4.12. The second-order valence-electron chi connectivity index (χ2n) is 5.59. The summed E-state index contributed by atoms with van der Waals surface area (Å²) in [5.41, 5.74) is 9.04. The first-order valence-corrected chi connectivity index (χ1v) is 7.66. The van der Waals surface area contributed by atoms with Crippen LogP contribution < -0.4 is 11.1 Å². The van der Waals surface area contributed by atoms with Crippen molar-refractivity contribution in [1.82, 2.24) is 0 Å². The number of nitrogen functional groups attached to an aromatic ring is 1. The van der Waals surface area contributed by atoms with Crippen LogP contribution in [0.25, 0.3) is 0 Å². The van der Waals surface area contributed by atoms with E-state index in [4.69, 9.17) is 5.73 Å². The van der Waals surface area contributed by atoms with Gasteiger partial charge < -0.3 is 11.1 Å². The summed E-state index contributed by atoms with van der Waals surface area (Å²) in [6.45, 7) is 5.51. The maximum absolute atomic E-state index is 5.89. The zero-order chi connectivity index (χ0) is 13.1. The number of rotatable bonds is 3. The van der Waals surface area contributed by atoms with E-state index in [1.54, 1.807) is 0 Å². The van der Waals surface area contributed by atoms with Gasteiger partial charge in [0.2, 0.25) is 0 Å². The largest absolute Gasteiger partial charge is 0.398 e. The second-order valence-corrected chi connectivity index (χ2v) is 6.45. The molecule has 1 aromatic rings. The van der Waals surface area contributed by atoms with Crippen LogP contribution >= 0.6 is 15.9 Å². The maximum atomic E-state index is 5.89. The molecule has 2 atom stereocenters. The highest BCUT2D eigenvalue weighted by Crippen LogP contribution is 2.32. The second kappa shape index (κ2) is 5.96. The van der Waals surface area contributed by atoms with Crippen molar-refractivity contribution in [3.05, 3.63) is 22.2 Å². The summed E-state index contributed by atoms with van der Waals surface area (Å²) in [4.78, 5) is 0. The Kier molecular flexibility index (Phi) is 4.55. The van der Waals surface area contributed by atoms with Gasteiger partial charge in [-0.25, -0.2) is 0 Å². The fourth-order valence-electron chi connectivity index (χ4n) is 2.77. The molecule has 0 amide bonds. The van der Waals surface area contributed by atoms with E-state index in [2.05, 4.69) is 41.2 Å². The molecule has 0 radical (unpaired) electrons. The molecule has 0 aliphatic heterocycles. The van der Waals surface area contributed by atoms with Crippen LogP contribution in [0.15, 0.2) is 16.6 Å². The van der Waals surface area contributed by atoms with Gasteiger partial charge in [-0.1, -0.05) is 26.2 Å². The van der Waals surface area contributed by atoms with Crippen molar-refractivity contribution >= 4 is 27.3 Å². The van der Waals surface area contributed by atoms with Crippen molar-refractivity contribution in [3.63, 3.8) is 0 Å². The molecule has 1 aliphatic carbocycles. The van der Waals surface area contributed by atoms with Crippen molar-refractivity contribution in [2.75, 3.05) is 17.6 Å². The highest BCUT2D eigenvalue weighted by atomic mass is 79.9. The molecular weight excluding hydrogens is 288 g/mol. The third kappa shape index (κ3) is 3.19. The Morgan fingerprint density at radius 3 is 2.78 bits per heavy atom. The lowest BCUT2D eigenvalue weighted by Crippen LogP contribution is -2.24. The number of hydrogen-bond donors (Lipinski definition) is 2. The molecule has 1 aromatic carbocycles. The lowest BCUT2D eigenvalue weighted by Gasteiger charge is -2.29. The average Bonchev–Trinajstić information content (AvgIpc) is 2.34. The van der Waals surface area contributed by atoms with Gasteiger partial charge in [-0.3, -0.25) is 0 Å². The molecule has 1 saturated carbocycles. The standard InChI is InChI=1S/C15H23BrN2/c1-10-5-3-4-6-12(10)9-18-15-7-11(2)14(17)8-13(15)16/h7-8,10,12,18H,3-6,9,17H2,1-2H3. The third-order valence-corrected chi connectivity index (χ3v) is 4.86. The van der Waals surface area contributed by atoms with E-state index < -0.39 is 0 Å². The Hall–Kier alpha value is -0.700. The molecule has 3 heteroatoms. The third-order valence-electron chi connectivity index (χ3n) is 4.20. The number of nitrogens with one attached hydrogen (secondary N) is 1. The number of nitrogens with two attached hydrogens (primary N) is 1. The Labute approximate surface area is 118 Å². The van der Waals surface area contributed by atoms with E-state index in [1.807, 2.05) is 6.07 Å². The summed E-state index contributed by atoms with van der Waals surface area (Å²) in [5.74, 6) is 1.66. The van der Waals surface area contributed by atoms with Crippen LogP contribution in [0.3, 0.4) is 0 Å². The predicted molar refractivity (Wildman–Crippen MR) is 82.9 cm³/mol. The molecule has 2 unspecified atom stereocenters. The molecule has 3 N–H and O–H groups in total. The van der Waals surface area contributed by atoms with Crippen molar-refractivity contribution < 1.29 is 0 Å². The van der Waals surface area contributed by atoms with Crippen molar-refractivity contribution in [2.24, 2.45) is 11.8 Å². The van der Waals surface area contributed by atoms with Crippen LogP contribution in [0.4, 0.5) is 11.4 Å². The number of benzene rings is 1. The predicted octanol–water partition coefficient (Wildman–Crippen LogP) is 4.58. The van der Waals surface area contributed by atoms with Crippen molar-refractivity contribution in [3.8, 4) is 0 Å². The fraction of sp³-hybridized carbons (Fsp3) is 0.600. The van der Waals surface area contributed by atoms with E-state index in [9.17, 15) is 0 Å². The Morgan fingerprint density at radius 1 is 1.33 bits per heavy atom. The van der Waals surface area contributed by atoms with Gasteiger partial charge in [0.25, 0.3) is 0 Å². The molecule has 1 aliphatic rings. The van der Waals surface area contributed by atoms with Gasteiger partial charge in [-0.15, -0.1) is 0 Å². The first-order chi connectivity index (χ1) is 8.58. The zero-order valence-electron chi connectivity index (χ0n) is 11.3. The average molecular weight is 311 g/mol. The minimum Gasteiger partial charge on any atom is -0.398 e. The summed E-state index contributed by atoms with van der Waals surface area (Å²) in [5, 5.41) is 3.58. The Balaban J connectivity index is 1.99. The fourth-order valence-corrected chi connectivity index (χ4v) is 3.27. The van der Waals surface area contributed by atoms with E-state index in [0.29, 0.717) is 0 Å². The quantitative estimate of drug-likeness (QED) is 0.802. The van der Waals surface area contributed by atoms with Gasteiger partial charge in [0, 0.05) is 22.4 Å². The van der Waals surface area contributed by atoms with Crippen molar-refractivity contribution in [2.45, 2.75) is 39.5 Å². The lowest BCUT2D eigenvalue weighted by molar-refractivity contribution is 0.268. The minimum absolute atomic E-state index is 0.809. The Bertz CT molecular complexity index is 417. The number of halogens is 1. The first kappa shape index (κ1) is 13.7. The summed E-state index contributed by atoms with van der Waals surface area (Å²) < 4.78 is 1.06. The number of aryl methyl sites for hydroxylation is 1. The molecule has 0 heterocycles. The Morgan fingerprint density at radius 2 is 2.06 bits per heavy atom. The molecule has 2 rings (SSSR count). The first-order valence-electron chi connectivity index (χ1n) is 6.87. The zero-order valence-corrected chi connectivity index (χ0v) is 12.9. The van der Waals surface area contributed by atoms with Gasteiger partial charge in [-0.05, 0) is 58.8 Å². The molecule has 0 saturated heterocycles. The minimum atomic E-state index is 0.809. The molecular formula is C15H23BrN2. The van der Waals surface area contributed by atoms with Crippen LogP contribution in [0, 0.1) is 18.8 Å². The van der Waals surface area contributed by atoms with Crippen LogP contribution in [0.1, 0.15) is 38.2 Å². The monoisotopic (exact) mass is 310 g/mol. The summed E-state index contributed by atoms with van der Waals surface area (Å²) in [7, 11) is 0. The van der Waals surface area contributed by atoms with Gasteiger partial charge in [0.05, 0.1) is 0 Å². The van der Waals surface area contributed by atoms with Gasteiger partial charge in [-0.2, -0.15) is 0 Å². The molecule has 0 bridgehead atoms. The number of anilines is 2. The highest BCUT2D eigenvalue weighted by molar-refractivity contribution is 9.10. The smallest absolute Gasteiger partial charge is 0.0488 e. The van der Waals surface area contributed by atoms with Crippen molar-refractivity contribution in [1.29, 1.82) is 0 Å². The van der Waals surface area contributed by atoms with E-state index in [1.165, 1.54) is 31.4 Å². The van der Waals surface area contributed by atoms with Crippen LogP contribution in [0.2, 0.25) is 0 Å². The van der Waals surface area contributed by atoms with Crippen LogP contribution in [-0.2, 0) is 0 Å². The molecule has 1 fully saturated rings. The number of hydrogen-bond acceptors (Lipinski definition) is 2. The topological polar surface area (TPSA) is 38.0 Å². The normalized spacial score (nSPS) is 23.9. The summed E-state index contributed by atoms with van der Waals surface area (Å²) in [6.07, 6.45) is 5.54. The van der Waals surface area contributed by atoms with Gasteiger partial charge in [0.15, 0.2) is 0 Å². The SMILES string of the molecule is Cc1cc(NCC2CCCCC2C)c(Br)cc1N. The molecule has 0 spiro atoms. The van der Waals surface area contributed by atoms with Crippen LogP contribution in [-0.4, -0.2) is 6.54 Å². The van der Waals surface area contributed by atoms with E-state index in [0.717, 1.165) is 34.1 Å². The molecule has 0 aromatic heterocycles. The molecule has 2 nitrogen and oxygen atoms in total. The highest BCUT2D eigenvalue weighted by Gasteiger charge is 2.21. The summed E-state index contributed by atoms with van der Waals surface area (Å²) >= 11 is 3.58. The van der Waals surface area contributed by atoms with Gasteiger partial charge >= 0.3 is 0 Å². The van der Waals surface area contributed by atoms with Gasteiger partial charge in [0.1, 0.15) is 0 Å². The maximum Gasteiger partial charge on any atom is 0.0488 e. The van der Waals surface area contributed by atoms with Crippen LogP contribution in [0.5, 0.6) is 0 Å². The van der Waals surface area contributed by atoms with E-state index >= 15 is 0 Å². The van der Waals surface area contributed by atoms with E-state index in [-0.39, 0.29) is 0 Å².